The summed E-state index contributed by atoms with van der Waals surface area (Å²) in [5, 5.41) is 13.9. The number of anilines is 1. The highest BCUT2D eigenvalue weighted by atomic mass is 19.4. The number of aromatic nitrogens is 4. The van der Waals surface area contributed by atoms with Crippen LogP contribution in [0.2, 0.25) is 0 Å². The van der Waals surface area contributed by atoms with Gasteiger partial charge < -0.3 is 5.32 Å². The molecule has 0 saturated carbocycles. The number of rotatable bonds is 8. The number of hydrogen-bond donors (Lipinski definition) is 1. The van der Waals surface area contributed by atoms with Crippen LogP contribution in [-0.2, 0) is 12.6 Å². The van der Waals surface area contributed by atoms with E-state index in [-0.39, 0.29) is 11.7 Å². The number of halogens is 3. The summed E-state index contributed by atoms with van der Waals surface area (Å²) in [7, 11) is 0. The molecule has 1 N–H and O–H groups in total. The first-order valence-electron chi connectivity index (χ1n) is 9.23. The minimum Gasteiger partial charge on any atom is -0.367 e. The summed E-state index contributed by atoms with van der Waals surface area (Å²) in [5.41, 5.74) is 1.27. The first-order valence-corrected chi connectivity index (χ1v) is 9.23. The topological polar surface area (TPSA) is 58.3 Å². The third kappa shape index (κ3) is 4.59. The van der Waals surface area contributed by atoms with Gasteiger partial charge in [-0.3, -0.25) is 4.90 Å². The van der Waals surface area contributed by atoms with Crippen molar-refractivity contribution in [1.29, 1.82) is 0 Å². The molecule has 28 heavy (non-hydrogen) atoms. The summed E-state index contributed by atoms with van der Waals surface area (Å²) in [6, 6.07) is 13.4. The maximum Gasteiger partial charge on any atom is 0.453 e. The summed E-state index contributed by atoms with van der Waals surface area (Å²) < 4.78 is 39.9. The highest BCUT2D eigenvalue weighted by Gasteiger charge is 2.37. The Bertz CT molecular complexity index is 890. The van der Waals surface area contributed by atoms with Crippen molar-refractivity contribution in [3.05, 3.63) is 53.9 Å². The second kappa shape index (κ2) is 8.55. The van der Waals surface area contributed by atoms with Crippen molar-refractivity contribution in [1.82, 2.24) is 24.7 Å². The standard InChI is InChI=1S/C19H23F3N6/c1-3-27(4-2)15(12-14-8-6-5-7-9-14)13-23-16-10-11-17-24-25-18(19(20,21)22)28(17)26-16/h5-11,15H,3-4,12-13H2,1-2H3,(H,23,26)/t15-/m1/s1. The third-order valence-corrected chi connectivity index (χ3v) is 4.68. The predicted octanol–water partition coefficient (Wildman–Crippen LogP) is 3.51. The molecule has 3 rings (SSSR count). The quantitative estimate of drug-likeness (QED) is 0.636. The molecule has 3 aromatic rings. The van der Waals surface area contributed by atoms with Gasteiger partial charge in [-0.2, -0.15) is 17.7 Å². The summed E-state index contributed by atoms with van der Waals surface area (Å²) in [4.78, 5) is 2.32. The highest BCUT2D eigenvalue weighted by molar-refractivity contribution is 5.44. The number of nitrogens with zero attached hydrogens (tertiary/aromatic N) is 5. The lowest BCUT2D eigenvalue weighted by atomic mass is 10.0. The number of likely N-dealkylation sites (N-methyl/N-ethyl adjacent to an activating group) is 1. The second-order valence-corrected chi connectivity index (χ2v) is 6.46. The van der Waals surface area contributed by atoms with Gasteiger partial charge in [0.15, 0.2) is 5.65 Å². The molecular formula is C19H23F3N6. The van der Waals surface area contributed by atoms with E-state index < -0.39 is 12.0 Å². The monoisotopic (exact) mass is 392 g/mol. The lowest BCUT2D eigenvalue weighted by Gasteiger charge is -2.30. The molecule has 0 amide bonds. The van der Waals surface area contributed by atoms with E-state index in [0.29, 0.717) is 12.4 Å². The Labute approximate surface area is 161 Å². The maximum atomic E-state index is 13.0. The summed E-state index contributed by atoms with van der Waals surface area (Å²) in [6.45, 7) is 6.51. The van der Waals surface area contributed by atoms with Gasteiger partial charge in [0, 0.05) is 12.6 Å². The first-order chi connectivity index (χ1) is 13.4. The Morgan fingerprint density at radius 2 is 1.75 bits per heavy atom. The molecule has 6 nitrogen and oxygen atoms in total. The van der Waals surface area contributed by atoms with E-state index in [1.165, 1.54) is 11.6 Å². The van der Waals surface area contributed by atoms with Crippen molar-refractivity contribution in [2.24, 2.45) is 0 Å². The smallest absolute Gasteiger partial charge is 0.367 e. The molecule has 0 aliphatic rings. The molecule has 150 valence electrons. The second-order valence-electron chi connectivity index (χ2n) is 6.46. The van der Waals surface area contributed by atoms with Crippen LogP contribution in [0.5, 0.6) is 0 Å². The number of fused-ring (bicyclic) bond motifs is 1. The average Bonchev–Trinajstić information content (AvgIpc) is 3.11. The van der Waals surface area contributed by atoms with Gasteiger partial charge in [0.05, 0.1) is 0 Å². The number of alkyl halides is 3. The fourth-order valence-electron chi connectivity index (χ4n) is 3.24. The largest absolute Gasteiger partial charge is 0.453 e. The van der Waals surface area contributed by atoms with E-state index in [1.807, 2.05) is 18.2 Å². The Hall–Kier alpha value is -2.68. The molecule has 0 unspecified atom stereocenters. The molecule has 0 radical (unpaired) electrons. The van der Waals surface area contributed by atoms with Crippen molar-refractivity contribution in [2.75, 3.05) is 25.0 Å². The van der Waals surface area contributed by atoms with E-state index in [4.69, 9.17) is 0 Å². The number of benzene rings is 1. The van der Waals surface area contributed by atoms with E-state index in [9.17, 15) is 13.2 Å². The van der Waals surface area contributed by atoms with Gasteiger partial charge in [-0.1, -0.05) is 44.2 Å². The molecule has 0 bridgehead atoms. The van der Waals surface area contributed by atoms with Crippen molar-refractivity contribution in [2.45, 2.75) is 32.5 Å². The Kier molecular flexibility index (Phi) is 6.13. The fraction of sp³-hybridized carbons (Fsp3) is 0.421. The summed E-state index contributed by atoms with van der Waals surface area (Å²) in [5.74, 6) is -0.779. The lowest BCUT2D eigenvalue weighted by Crippen LogP contribution is -2.41. The fourth-order valence-corrected chi connectivity index (χ4v) is 3.24. The van der Waals surface area contributed by atoms with Crippen LogP contribution in [0, 0.1) is 0 Å². The van der Waals surface area contributed by atoms with Gasteiger partial charge in [-0.15, -0.1) is 15.3 Å². The van der Waals surface area contributed by atoms with Crippen molar-refractivity contribution in [3.8, 4) is 0 Å². The van der Waals surface area contributed by atoms with Crippen LogP contribution >= 0.6 is 0 Å². The molecule has 0 aliphatic carbocycles. The molecule has 0 aliphatic heterocycles. The van der Waals surface area contributed by atoms with Crippen LogP contribution < -0.4 is 5.32 Å². The van der Waals surface area contributed by atoms with Gasteiger partial charge in [0.25, 0.3) is 5.82 Å². The van der Waals surface area contributed by atoms with Crippen molar-refractivity contribution in [3.63, 3.8) is 0 Å². The third-order valence-electron chi connectivity index (χ3n) is 4.68. The van der Waals surface area contributed by atoms with Crippen LogP contribution in [0.4, 0.5) is 19.0 Å². The van der Waals surface area contributed by atoms with Crippen molar-refractivity contribution < 1.29 is 13.2 Å². The maximum absolute atomic E-state index is 13.0. The van der Waals surface area contributed by atoms with Crippen LogP contribution in [-0.4, -0.2) is 50.4 Å². The molecule has 2 aromatic heterocycles. The highest BCUT2D eigenvalue weighted by Crippen LogP contribution is 2.27. The zero-order chi connectivity index (χ0) is 20.1. The van der Waals surface area contributed by atoms with Gasteiger partial charge in [0.1, 0.15) is 5.82 Å². The Morgan fingerprint density at radius 1 is 1.04 bits per heavy atom. The van der Waals surface area contributed by atoms with E-state index in [2.05, 4.69) is 51.5 Å². The molecule has 1 aromatic carbocycles. The van der Waals surface area contributed by atoms with Gasteiger partial charge in [-0.05, 0) is 37.2 Å². The van der Waals surface area contributed by atoms with Crippen LogP contribution in [0.15, 0.2) is 42.5 Å². The Morgan fingerprint density at radius 3 is 2.39 bits per heavy atom. The summed E-state index contributed by atoms with van der Waals surface area (Å²) >= 11 is 0. The molecule has 9 heteroatoms. The van der Waals surface area contributed by atoms with Crippen LogP contribution in [0.3, 0.4) is 0 Å². The molecule has 2 heterocycles. The SMILES string of the molecule is CCN(CC)[C@@H](CNc1ccc2nnc(C(F)(F)F)n2n1)Cc1ccccc1. The minimum atomic E-state index is -4.61. The average molecular weight is 392 g/mol. The van der Waals surface area contributed by atoms with E-state index >= 15 is 0 Å². The van der Waals surface area contributed by atoms with Crippen molar-refractivity contribution >= 4 is 11.5 Å². The molecule has 0 fully saturated rings. The predicted molar refractivity (Wildman–Crippen MR) is 101 cm³/mol. The van der Waals surface area contributed by atoms with E-state index in [0.717, 1.165) is 24.0 Å². The molecule has 0 spiro atoms. The zero-order valence-corrected chi connectivity index (χ0v) is 15.8. The van der Waals surface area contributed by atoms with Crippen LogP contribution in [0.25, 0.3) is 5.65 Å². The normalized spacial score (nSPS) is 13.2. The van der Waals surface area contributed by atoms with E-state index in [1.54, 1.807) is 6.07 Å². The Balaban J connectivity index is 1.78. The van der Waals surface area contributed by atoms with Gasteiger partial charge >= 0.3 is 6.18 Å². The minimum absolute atomic E-state index is 0.0578. The number of nitrogens with one attached hydrogen (secondary N) is 1. The molecule has 1 atom stereocenters. The lowest BCUT2D eigenvalue weighted by molar-refractivity contribution is -0.146. The van der Waals surface area contributed by atoms with Gasteiger partial charge in [0.2, 0.25) is 0 Å². The molecule has 0 saturated heterocycles. The zero-order valence-electron chi connectivity index (χ0n) is 15.8. The summed E-state index contributed by atoms with van der Waals surface area (Å²) in [6.07, 6.45) is -3.78. The van der Waals surface area contributed by atoms with Gasteiger partial charge in [-0.25, -0.2) is 0 Å². The number of hydrogen-bond acceptors (Lipinski definition) is 5. The first kappa shape index (κ1) is 20.1. The molecular weight excluding hydrogens is 369 g/mol. The van der Waals surface area contributed by atoms with Crippen LogP contribution in [0.1, 0.15) is 25.2 Å².